The third kappa shape index (κ3) is 3.65. The summed E-state index contributed by atoms with van der Waals surface area (Å²) in [6.07, 6.45) is 1.79. The van der Waals surface area contributed by atoms with Gasteiger partial charge in [-0.3, -0.25) is 4.98 Å². The zero-order valence-electron chi connectivity index (χ0n) is 12.4. The molecule has 2 aromatic rings. The minimum absolute atomic E-state index is 0.135. The Morgan fingerprint density at radius 1 is 1.19 bits per heavy atom. The van der Waals surface area contributed by atoms with Crippen LogP contribution in [0.4, 0.5) is 0 Å². The summed E-state index contributed by atoms with van der Waals surface area (Å²) in [6.45, 7) is 2.69. The highest BCUT2D eigenvalue weighted by atomic mass is 35.5. The first-order valence-electron chi connectivity index (χ1n) is 6.71. The molecule has 0 saturated carbocycles. The minimum atomic E-state index is 0.135. The van der Waals surface area contributed by atoms with Crippen LogP contribution in [0.15, 0.2) is 36.5 Å². The van der Waals surface area contributed by atoms with Crippen LogP contribution in [-0.4, -0.2) is 19.2 Å². The number of pyridine rings is 1. The van der Waals surface area contributed by atoms with Gasteiger partial charge in [0.1, 0.15) is 0 Å². The highest BCUT2D eigenvalue weighted by Gasteiger charge is 2.14. The molecule has 0 bridgehead atoms. The predicted molar refractivity (Wildman–Crippen MR) is 84.0 cm³/mol. The van der Waals surface area contributed by atoms with Crippen molar-refractivity contribution in [3.8, 4) is 11.5 Å². The SMILES string of the molecule is COc1ccc(CN[C@@H](C)c2ccccn2)c(Cl)c1OC. The molecule has 1 N–H and O–H groups in total. The van der Waals surface area contributed by atoms with Crippen molar-refractivity contribution in [1.82, 2.24) is 10.3 Å². The number of methoxy groups -OCH3 is 2. The van der Waals surface area contributed by atoms with Gasteiger partial charge in [-0.25, -0.2) is 0 Å². The fraction of sp³-hybridized carbons (Fsp3) is 0.312. The van der Waals surface area contributed by atoms with Gasteiger partial charge in [-0.1, -0.05) is 23.7 Å². The van der Waals surface area contributed by atoms with E-state index in [1.54, 1.807) is 20.4 Å². The highest BCUT2D eigenvalue weighted by molar-refractivity contribution is 6.33. The molecule has 0 fully saturated rings. The molecule has 0 amide bonds. The molecule has 5 heteroatoms. The van der Waals surface area contributed by atoms with E-state index in [1.807, 2.05) is 30.3 Å². The fourth-order valence-electron chi connectivity index (χ4n) is 2.07. The first-order chi connectivity index (χ1) is 10.2. The predicted octanol–water partition coefficient (Wildman–Crippen LogP) is 3.60. The number of halogens is 1. The van der Waals surface area contributed by atoms with Gasteiger partial charge in [0.2, 0.25) is 0 Å². The molecule has 112 valence electrons. The first-order valence-corrected chi connectivity index (χ1v) is 7.08. The third-order valence-corrected chi connectivity index (χ3v) is 3.71. The van der Waals surface area contributed by atoms with Gasteiger partial charge in [-0.15, -0.1) is 0 Å². The van der Waals surface area contributed by atoms with E-state index in [-0.39, 0.29) is 6.04 Å². The van der Waals surface area contributed by atoms with Crippen LogP contribution in [0.5, 0.6) is 11.5 Å². The molecule has 0 aliphatic heterocycles. The van der Waals surface area contributed by atoms with Gasteiger partial charge in [0.15, 0.2) is 11.5 Å². The highest BCUT2D eigenvalue weighted by Crippen LogP contribution is 2.37. The van der Waals surface area contributed by atoms with Crippen LogP contribution in [0.2, 0.25) is 5.02 Å². The Kier molecular flexibility index (Phi) is 5.42. The zero-order chi connectivity index (χ0) is 15.2. The molecule has 0 saturated heterocycles. The maximum absolute atomic E-state index is 6.36. The Labute approximate surface area is 130 Å². The fourth-order valence-corrected chi connectivity index (χ4v) is 2.37. The van der Waals surface area contributed by atoms with Gasteiger partial charge in [0, 0.05) is 18.8 Å². The molecular weight excluding hydrogens is 288 g/mol. The number of hydrogen-bond acceptors (Lipinski definition) is 4. The number of nitrogens with zero attached hydrogens (tertiary/aromatic N) is 1. The lowest BCUT2D eigenvalue weighted by Crippen LogP contribution is -2.19. The Hall–Kier alpha value is -1.78. The summed E-state index contributed by atoms with van der Waals surface area (Å²) in [6, 6.07) is 9.80. The van der Waals surface area contributed by atoms with E-state index in [9.17, 15) is 0 Å². The van der Waals surface area contributed by atoms with Crippen molar-refractivity contribution in [2.24, 2.45) is 0 Å². The van der Waals surface area contributed by atoms with E-state index >= 15 is 0 Å². The molecular formula is C16H19ClN2O2. The van der Waals surface area contributed by atoms with Crippen LogP contribution in [-0.2, 0) is 6.54 Å². The zero-order valence-corrected chi connectivity index (χ0v) is 13.1. The van der Waals surface area contributed by atoms with Crippen molar-refractivity contribution in [3.63, 3.8) is 0 Å². The lowest BCUT2D eigenvalue weighted by molar-refractivity contribution is 0.354. The molecule has 4 nitrogen and oxygen atoms in total. The quantitative estimate of drug-likeness (QED) is 0.885. The summed E-state index contributed by atoms with van der Waals surface area (Å²) in [5.41, 5.74) is 1.95. The van der Waals surface area contributed by atoms with Crippen LogP contribution >= 0.6 is 11.6 Å². The number of aromatic nitrogens is 1. The number of rotatable bonds is 6. The Bertz CT molecular complexity index is 590. The second kappa shape index (κ2) is 7.29. The van der Waals surface area contributed by atoms with Crippen molar-refractivity contribution in [3.05, 3.63) is 52.8 Å². The van der Waals surface area contributed by atoms with Crippen LogP contribution in [0, 0.1) is 0 Å². The molecule has 0 radical (unpaired) electrons. The van der Waals surface area contributed by atoms with E-state index in [0.29, 0.717) is 23.1 Å². The third-order valence-electron chi connectivity index (χ3n) is 3.30. The summed E-state index contributed by atoms with van der Waals surface area (Å²) >= 11 is 6.36. The van der Waals surface area contributed by atoms with E-state index in [1.165, 1.54) is 0 Å². The average molecular weight is 307 g/mol. The lowest BCUT2D eigenvalue weighted by atomic mass is 10.1. The average Bonchev–Trinajstić information content (AvgIpc) is 2.53. The van der Waals surface area contributed by atoms with Gasteiger partial charge < -0.3 is 14.8 Å². The number of ether oxygens (including phenoxy) is 2. The second-order valence-electron chi connectivity index (χ2n) is 4.63. The standard InChI is InChI=1S/C16H19ClN2O2/c1-11(13-6-4-5-9-18-13)19-10-12-7-8-14(20-2)16(21-3)15(12)17/h4-9,11,19H,10H2,1-3H3/t11-/m0/s1. The molecule has 1 atom stereocenters. The summed E-state index contributed by atoms with van der Waals surface area (Å²) in [4.78, 5) is 4.33. The summed E-state index contributed by atoms with van der Waals surface area (Å²) in [5, 5.41) is 3.97. The molecule has 0 aliphatic carbocycles. The van der Waals surface area contributed by atoms with Crippen molar-refractivity contribution in [2.75, 3.05) is 14.2 Å². The van der Waals surface area contributed by atoms with Gasteiger partial charge in [0.25, 0.3) is 0 Å². The van der Waals surface area contributed by atoms with Gasteiger partial charge in [-0.2, -0.15) is 0 Å². The monoisotopic (exact) mass is 306 g/mol. The number of benzene rings is 1. The Balaban J connectivity index is 2.10. The second-order valence-corrected chi connectivity index (χ2v) is 5.01. The minimum Gasteiger partial charge on any atom is -0.493 e. The van der Waals surface area contributed by atoms with Crippen LogP contribution in [0.25, 0.3) is 0 Å². The maximum Gasteiger partial charge on any atom is 0.179 e. The maximum atomic E-state index is 6.36. The van der Waals surface area contributed by atoms with Crippen molar-refractivity contribution in [2.45, 2.75) is 19.5 Å². The van der Waals surface area contributed by atoms with Crippen LogP contribution < -0.4 is 14.8 Å². The molecule has 1 aromatic carbocycles. The first kappa shape index (κ1) is 15.6. The molecule has 1 aromatic heterocycles. The molecule has 1 heterocycles. The van der Waals surface area contributed by atoms with Crippen molar-refractivity contribution >= 4 is 11.6 Å². The smallest absolute Gasteiger partial charge is 0.179 e. The molecule has 2 rings (SSSR count). The van der Waals surface area contributed by atoms with Crippen molar-refractivity contribution in [1.29, 1.82) is 0 Å². The van der Waals surface area contributed by atoms with Gasteiger partial charge in [-0.05, 0) is 30.7 Å². The van der Waals surface area contributed by atoms with E-state index in [0.717, 1.165) is 11.3 Å². The topological polar surface area (TPSA) is 43.4 Å². The summed E-state index contributed by atoms with van der Waals surface area (Å²) in [5.74, 6) is 1.19. The normalized spacial score (nSPS) is 12.0. The van der Waals surface area contributed by atoms with Crippen LogP contribution in [0.1, 0.15) is 24.2 Å². The van der Waals surface area contributed by atoms with Gasteiger partial charge >= 0.3 is 0 Å². The van der Waals surface area contributed by atoms with E-state index in [2.05, 4.69) is 17.2 Å². The molecule has 0 aliphatic rings. The molecule has 0 unspecified atom stereocenters. The number of hydrogen-bond donors (Lipinski definition) is 1. The number of nitrogens with one attached hydrogen (secondary N) is 1. The molecule has 0 spiro atoms. The van der Waals surface area contributed by atoms with Crippen LogP contribution in [0.3, 0.4) is 0 Å². The van der Waals surface area contributed by atoms with Gasteiger partial charge in [0.05, 0.1) is 24.9 Å². The van der Waals surface area contributed by atoms with Crippen molar-refractivity contribution < 1.29 is 9.47 Å². The largest absolute Gasteiger partial charge is 0.493 e. The lowest BCUT2D eigenvalue weighted by Gasteiger charge is -2.16. The van der Waals surface area contributed by atoms with E-state index < -0.39 is 0 Å². The van der Waals surface area contributed by atoms with E-state index in [4.69, 9.17) is 21.1 Å². The summed E-state index contributed by atoms with van der Waals surface area (Å²) < 4.78 is 10.5. The Morgan fingerprint density at radius 3 is 2.62 bits per heavy atom. The Morgan fingerprint density at radius 2 is 2.00 bits per heavy atom. The summed E-state index contributed by atoms with van der Waals surface area (Å²) in [7, 11) is 3.17. The molecule has 21 heavy (non-hydrogen) atoms.